The number of hydrogen-bond donors (Lipinski definition) is 1. The number of likely N-dealkylation sites (N-methyl/N-ethyl adjacent to an activating group) is 1. The topological polar surface area (TPSA) is 30.5 Å². The third-order valence-electron chi connectivity index (χ3n) is 4.14. The average molecular weight is 273 g/mol. The summed E-state index contributed by atoms with van der Waals surface area (Å²) in [7, 11) is 2.03. The number of fused-ring (bicyclic) bond motifs is 1. The van der Waals surface area contributed by atoms with Gasteiger partial charge in [-0.15, -0.1) is 0 Å². The number of hydrogen-bond acceptors (Lipinski definition) is 3. The normalized spacial score (nSPS) is 19.9. The first-order chi connectivity index (χ1) is 9.90. The molecule has 0 amide bonds. The molecule has 3 heteroatoms. The van der Waals surface area contributed by atoms with Gasteiger partial charge in [-0.2, -0.15) is 0 Å². The number of benzene rings is 1. The van der Waals surface area contributed by atoms with Crippen molar-refractivity contribution >= 4 is 0 Å². The van der Waals surface area contributed by atoms with Gasteiger partial charge in [0.15, 0.2) is 11.5 Å². The molecular weight excluding hydrogens is 250 g/mol. The minimum atomic E-state index is 0.241. The first kappa shape index (κ1) is 13.5. The van der Waals surface area contributed by atoms with Crippen molar-refractivity contribution in [3.63, 3.8) is 0 Å². The molecule has 0 saturated carbocycles. The van der Waals surface area contributed by atoms with Crippen LogP contribution in [0.4, 0.5) is 0 Å². The number of ether oxygens (including phenoxy) is 2. The van der Waals surface area contributed by atoms with E-state index in [-0.39, 0.29) is 6.04 Å². The molecule has 0 bridgehead atoms. The molecule has 1 N–H and O–H groups in total. The summed E-state index contributed by atoms with van der Waals surface area (Å²) in [4.78, 5) is 0. The second-order valence-corrected chi connectivity index (χ2v) is 5.47. The average Bonchev–Trinajstić information content (AvgIpc) is 2.78. The molecule has 0 fully saturated rings. The zero-order chi connectivity index (χ0) is 13.8. The van der Waals surface area contributed by atoms with Crippen LogP contribution in [0.25, 0.3) is 0 Å². The maximum Gasteiger partial charge on any atom is 0.166 e. The van der Waals surface area contributed by atoms with Crippen LogP contribution in [0.2, 0.25) is 0 Å². The number of nitrogens with one attached hydrogen (secondary N) is 1. The van der Waals surface area contributed by atoms with E-state index in [0.29, 0.717) is 13.2 Å². The lowest BCUT2D eigenvalue weighted by Crippen LogP contribution is -2.23. The van der Waals surface area contributed by atoms with Crippen molar-refractivity contribution in [1.29, 1.82) is 0 Å². The number of para-hydroxylation sites is 1. The molecule has 1 unspecified atom stereocenters. The second-order valence-electron chi connectivity index (χ2n) is 5.47. The van der Waals surface area contributed by atoms with Gasteiger partial charge in [0.05, 0.1) is 6.04 Å². The quantitative estimate of drug-likeness (QED) is 0.853. The van der Waals surface area contributed by atoms with Crippen molar-refractivity contribution in [1.82, 2.24) is 5.32 Å². The van der Waals surface area contributed by atoms with Crippen LogP contribution in [0.3, 0.4) is 0 Å². The Morgan fingerprint density at radius 2 is 2.00 bits per heavy atom. The summed E-state index contributed by atoms with van der Waals surface area (Å²) in [6, 6.07) is 6.45. The van der Waals surface area contributed by atoms with Crippen LogP contribution in [0, 0.1) is 0 Å². The molecule has 0 radical (unpaired) electrons. The highest BCUT2D eigenvalue weighted by Gasteiger charge is 2.23. The van der Waals surface area contributed by atoms with Crippen LogP contribution in [0.5, 0.6) is 11.5 Å². The summed E-state index contributed by atoms with van der Waals surface area (Å²) >= 11 is 0. The maximum absolute atomic E-state index is 5.87. The molecule has 1 atom stereocenters. The molecular formula is C17H23NO2. The summed E-state index contributed by atoms with van der Waals surface area (Å²) in [5.41, 5.74) is 2.70. The van der Waals surface area contributed by atoms with E-state index in [2.05, 4.69) is 23.5 Å². The van der Waals surface area contributed by atoms with Gasteiger partial charge in [0.1, 0.15) is 13.2 Å². The molecule has 1 aliphatic heterocycles. The first-order valence-electron chi connectivity index (χ1n) is 7.65. The van der Waals surface area contributed by atoms with Crippen LogP contribution in [0.15, 0.2) is 29.8 Å². The number of allylic oxidation sites excluding steroid dienone is 1. The molecule has 20 heavy (non-hydrogen) atoms. The van der Waals surface area contributed by atoms with E-state index in [9.17, 15) is 0 Å². The molecule has 1 aromatic rings. The Balaban J connectivity index is 1.94. The Hall–Kier alpha value is -1.48. The fourth-order valence-electron chi connectivity index (χ4n) is 3.17. The second kappa shape index (κ2) is 6.31. The third kappa shape index (κ3) is 2.68. The molecule has 0 aromatic heterocycles. The van der Waals surface area contributed by atoms with Gasteiger partial charge in [0, 0.05) is 5.56 Å². The Morgan fingerprint density at radius 1 is 1.10 bits per heavy atom. The molecule has 108 valence electrons. The Labute approximate surface area is 121 Å². The van der Waals surface area contributed by atoms with Crippen LogP contribution >= 0.6 is 0 Å². The SMILES string of the molecule is CNC(C1=CCCCCC1)c1cccc2c1OCCO2. The molecule has 2 aliphatic rings. The molecule has 3 nitrogen and oxygen atoms in total. The van der Waals surface area contributed by atoms with Crippen LogP contribution in [0.1, 0.15) is 43.7 Å². The van der Waals surface area contributed by atoms with Gasteiger partial charge in [0.2, 0.25) is 0 Å². The van der Waals surface area contributed by atoms with E-state index in [4.69, 9.17) is 9.47 Å². The van der Waals surface area contributed by atoms with Gasteiger partial charge in [0.25, 0.3) is 0 Å². The van der Waals surface area contributed by atoms with E-state index in [1.165, 1.54) is 43.2 Å². The van der Waals surface area contributed by atoms with Crippen molar-refractivity contribution in [2.45, 2.75) is 38.1 Å². The van der Waals surface area contributed by atoms with Gasteiger partial charge >= 0.3 is 0 Å². The van der Waals surface area contributed by atoms with E-state index < -0.39 is 0 Å². The molecule has 0 saturated heterocycles. The minimum absolute atomic E-state index is 0.241. The van der Waals surface area contributed by atoms with E-state index in [1.807, 2.05) is 13.1 Å². The summed E-state index contributed by atoms with van der Waals surface area (Å²) in [6.45, 7) is 1.28. The third-order valence-corrected chi connectivity index (χ3v) is 4.14. The minimum Gasteiger partial charge on any atom is -0.486 e. The maximum atomic E-state index is 5.87. The summed E-state index contributed by atoms with van der Waals surface area (Å²) in [5, 5.41) is 3.46. The molecule has 0 spiro atoms. The lowest BCUT2D eigenvalue weighted by atomic mass is 9.94. The molecule has 3 rings (SSSR count). The number of rotatable bonds is 3. The summed E-state index contributed by atoms with van der Waals surface area (Å²) < 4.78 is 11.6. The summed E-state index contributed by atoms with van der Waals surface area (Å²) in [6.07, 6.45) is 8.72. The Kier molecular flexibility index (Phi) is 4.26. The summed E-state index contributed by atoms with van der Waals surface area (Å²) in [5.74, 6) is 1.80. The Morgan fingerprint density at radius 3 is 2.90 bits per heavy atom. The van der Waals surface area contributed by atoms with Crippen LogP contribution in [-0.2, 0) is 0 Å². The monoisotopic (exact) mass is 273 g/mol. The standard InChI is InChI=1S/C17H23NO2/c1-18-16(13-7-4-2-3-5-8-13)14-9-6-10-15-17(14)20-12-11-19-15/h6-7,9-10,16,18H,2-5,8,11-12H2,1H3. The van der Waals surface area contributed by atoms with Crippen LogP contribution in [-0.4, -0.2) is 20.3 Å². The highest BCUT2D eigenvalue weighted by atomic mass is 16.6. The molecule has 1 aromatic carbocycles. The zero-order valence-electron chi connectivity index (χ0n) is 12.2. The predicted molar refractivity (Wildman–Crippen MR) is 80.4 cm³/mol. The highest BCUT2D eigenvalue weighted by Crippen LogP contribution is 2.40. The van der Waals surface area contributed by atoms with Gasteiger partial charge in [-0.3, -0.25) is 0 Å². The van der Waals surface area contributed by atoms with Crippen molar-refractivity contribution in [3.8, 4) is 11.5 Å². The van der Waals surface area contributed by atoms with E-state index >= 15 is 0 Å². The lowest BCUT2D eigenvalue weighted by molar-refractivity contribution is 0.169. The molecule has 1 aliphatic carbocycles. The van der Waals surface area contributed by atoms with Crippen molar-refractivity contribution in [2.75, 3.05) is 20.3 Å². The highest BCUT2D eigenvalue weighted by molar-refractivity contribution is 5.51. The van der Waals surface area contributed by atoms with Crippen molar-refractivity contribution < 1.29 is 9.47 Å². The largest absolute Gasteiger partial charge is 0.486 e. The van der Waals surface area contributed by atoms with Gasteiger partial charge in [-0.05, 0) is 38.8 Å². The van der Waals surface area contributed by atoms with Gasteiger partial charge in [-0.25, -0.2) is 0 Å². The van der Waals surface area contributed by atoms with Gasteiger partial charge in [-0.1, -0.05) is 30.2 Å². The van der Waals surface area contributed by atoms with E-state index in [1.54, 1.807) is 0 Å². The predicted octanol–water partition coefficient (Wildman–Crippen LogP) is 3.61. The van der Waals surface area contributed by atoms with Crippen molar-refractivity contribution in [2.24, 2.45) is 0 Å². The fraction of sp³-hybridized carbons (Fsp3) is 0.529. The van der Waals surface area contributed by atoms with Crippen LogP contribution < -0.4 is 14.8 Å². The van der Waals surface area contributed by atoms with Gasteiger partial charge < -0.3 is 14.8 Å². The first-order valence-corrected chi connectivity index (χ1v) is 7.65. The molecule has 1 heterocycles. The zero-order valence-corrected chi connectivity index (χ0v) is 12.2. The fourth-order valence-corrected chi connectivity index (χ4v) is 3.17. The van der Waals surface area contributed by atoms with E-state index in [0.717, 1.165) is 11.5 Å². The smallest absolute Gasteiger partial charge is 0.166 e. The lowest BCUT2D eigenvalue weighted by Gasteiger charge is -2.26. The van der Waals surface area contributed by atoms with Crippen molar-refractivity contribution in [3.05, 3.63) is 35.4 Å². The Bertz CT molecular complexity index is 496.